The zero-order valence-electron chi connectivity index (χ0n) is 8.29. The van der Waals surface area contributed by atoms with Crippen LogP contribution >= 0.6 is 22.9 Å². The number of aromatic nitrogens is 1. The lowest BCUT2D eigenvalue weighted by Crippen LogP contribution is -2.16. The molecule has 2 rings (SSSR count). The van der Waals surface area contributed by atoms with Crippen molar-refractivity contribution in [2.75, 3.05) is 11.9 Å². The highest BCUT2D eigenvalue weighted by molar-refractivity contribution is 7.19. The van der Waals surface area contributed by atoms with E-state index < -0.39 is 0 Å². The summed E-state index contributed by atoms with van der Waals surface area (Å²) in [6.07, 6.45) is 5.82. The summed E-state index contributed by atoms with van der Waals surface area (Å²) in [5.41, 5.74) is 0. The lowest BCUT2D eigenvalue weighted by Gasteiger charge is -2.14. The Bertz CT molecular complexity index is 300. The predicted octanol–water partition coefficient (Wildman–Crippen LogP) is 3.64. The maximum Gasteiger partial charge on any atom is 0.184 e. The van der Waals surface area contributed by atoms with Gasteiger partial charge in [-0.3, -0.25) is 0 Å². The van der Waals surface area contributed by atoms with E-state index in [0.29, 0.717) is 0 Å². The van der Waals surface area contributed by atoms with Gasteiger partial charge in [-0.15, -0.1) is 0 Å². The molecule has 0 radical (unpaired) electrons. The van der Waals surface area contributed by atoms with E-state index in [0.717, 1.165) is 27.8 Å². The third kappa shape index (κ3) is 2.39. The van der Waals surface area contributed by atoms with Gasteiger partial charge in [-0.1, -0.05) is 42.7 Å². The van der Waals surface area contributed by atoms with Crippen LogP contribution in [-0.2, 0) is 0 Å². The van der Waals surface area contributed by atoms with Crippen molar-refractivity contribution in [3.63, 3.8) is 0 Å². The molecule has 1 heterocycles. The standard InChI is InChI=1S/C10H15ClN2S/c1-7-3-2-4-8(7)5-12-10-13-6-9(11)14-10/h6-8H,2-5H2,1H3,(H,12,13). The van der Waals surface area contributed by atoms with Crippen molar-refractivity contribution in [3.8, 4) is 0 Å². The molecule has 0 spiro atoms. The van der Waals surface area contributed by atoms with Crippen LogP contribution in [0.4, 0.5) is 5.13 Å². The van der Waals surface area contributed by atoms with E-state index in [1.54, 1.807) is 6.20 Å². The molecule has 1 fully saturated rings. The van der Waals surface area contributed by atoms with E-state index in [-0.39, 0.29) is 0 Å². The van der Waals surface area contributed by atoms with Crippen molar-refractivity contribution < 1.29 is 0 Å². The van der Waals surface area contributed by atoms with Crippen LogP contribution in [0.3, 0.4) is 0 Å². The summed E-state index contributed by atoms with van der Waals surface area (Å²) in [6, 6.07) is 0. The number of hydrogen-bond donors (Lipinski definition) is 1. The Morgan fingerprint density at radius 3 is 3.07 bits per heavy atom. The molecular weight excluding hydrogens is 216 g/mol. The van der Waals surface area contributed by atoms with Crippen molar-refractivity contribution in [2.24, 2.45) is 11.8 Å². The number of hydrogen-bond acceptors (Lipinski definition) is 3. The van der Waals surface area contributed by atoms with Gasteiger partial charge in [-0.2, -0.15) is 0 Å². The number of nitrogens with one attached hydrogen (secondary N) is 1. The largest absolute Gasteiger partial charge is 0.361 e. The van der Waals surface area contributed by atoms with Gasteiger partial charge in [-0.05, 0) is 18.3 Å². The van der Waals surface area contributed by atoms with Crippen LogP contribution in [-0.4, -0.2) is 11.5 Å². The maximum atomic E-state index is 5.80. The average Bonchev–Trinajstić information content (AvgIpc) is 2.72. The first-order valence-corrected chi connectivity index (χ1v) is 6.30. The number of rotatable bonds is 3. The first-order valence-electron chi connectivity index (χ1n) is 5.11. The molecule has 2 atom stereocenters. The zero-order chi connectivity index (χ0) is 9.97. The highest BCUT2D eigenvalue weighted by atomic mass is 35.5. The monoisotopic (exact) mass is 230 g/mol. The molecule has 0 amide bonds. The Hall–Kier alpha value is -0.280. The summed E-state index contributed by atoms with van der Waals surface area (Å²) in [6.45, 7) is 3.39. The summed E-state index contributed by atoms with van der Waals surface area (Å²) < 4.78 is 0.756. The van der Waals surface area contributed by atoms with Crippen molar-refractivity contribution >= 4 is 28.1 Å². The molecule has 0 aliphatic heterocycles. The van der Waals surface area contributed by atoms with E-state index in [1.165, 1.54) is 30.6 Å². The Morgan fingerprint density at radius 2 is 2.50 bits per heavy atom. The second-order valence-electron chi connectivity index (χ2n) is 4.02. The van der Waals surface area contributed by atoms with Crippen molar-refractivity contribution in [2.45, 2.75) is 26.2 Å². The summed E-state index contributed by atoms with van der Waals surface area (Å²) in [5.74, 6) is 1.68. The minimum Gasteiger partial charge on any atom is -0.361 e. The van der Waals surface area contributed by atoms with Crippen molar-refractivity contribution in [1.82, 2.24) is 4.98 Å². The fourth-order valence-corrected chi connectivity index (χ4v) is 2.90. The summed E-state index contributed by atoms with van der Waals surface area (Å²) in [5, 5.41) is 4.31. The quantitative estimate of drug-likeness (QED) is 0.858. The molecule has 0 aromatic carbocycles. The topological polar surface area (TPSA) is 24.9 Å². The normalized spacial score (nSPS) is 26.7. The minimum absolute atomic E-state index is 0.756. The molecule has 14 heavy (non-hydrogen) atoms. The van der Waals surface area contributed by atoms with Gasteiger partial charge in [0.2, 0.25) is 0 Å². The van der Waals surface area contributed by atoms with Crippen LogP contribution in [0.25, 0.3) is 0 Å². The van der Waals surface area contributed by atoms with Crippen LogP contribution in [0.2, 0.25) is 4.34 Å². The van der Waals surface area contributed by atoms with E-state index >= 15 is 0 Å². The lowest BCUT2D eigenvalue weighted by atomic mass is 9.98. The Labute approximate surface area is 93.7 Å². The summed E-state index contributed by atoms with van der Waals surface area (Å²) in [4.78, 5) is 4.18. The summed E-state index contributed by atoms with van der Waals surface area (Å²) in [7, 11) is 0. The fraction of sp³-hybridized carbons (Fsp3) is 0.700. The van der Waals surface area contributed by atoms with E-state index in [9.17, 15) is 0 Å². The van der Waals surface area contributed by atoms with E-state index in [1.807, 2.05) is 0 Å². The van der Waals surface area contributed by atoms with Crippen LogP contribution in [0.1, 0.15) is 26.2 Å². The van der Waals surface area contributed by atoms with Crippen LogP contribution in [0.5, 0.6) is 0 Å². The molecule has 2 unspecified atom stereocenters. The van der Waals surface area contributed by atoms with Crippen LogP contribution in [0.15, 0.2) is 6.20 Å². The molecule has 0 bridgehead atoms. The van der Waals surface area contributed by atoms with Crippen molar-refractivity contribution in [1.29, 1.82) is 0 Å². The number of halogens is 1. The van der Waals surface area contributed by atoms with Gasteiger partial charge < -0.3 is 5.32 Å². The highest BCUT2D eigenvalue weighted by Crippen LogP contribution is 2.31. The van der Waals surface area contributed by atoms with Gasteiger partial charge in [0.05, 0.1) is 6.20 Å². The first kappa shape index (κ1) is 10.2. The molecular formula is C10H15ClN2S. The van der Waals surface area contributed by atoms with Gasteiger partial charge in [0, 0.05) is 6.54 Å². The minimum atomic E-state index is 0.756. The lowest BCUT2D eigenvalue weighted by molar-refractivity contribution is 0.439. The maximum absolute atomic E-state index is 5.80. The molecule has 1 aromatic heterocycles. The third-order valence-corrected chi connectivity index (χ3v) is 4.10. The molecule has 2 nitrogen and oxygen atoms in total. The number of anilines is 1. The molecule has 1 aliphatic carbocycles. The van der Waals surface area contributed by atoms with E-state index in [2.05, 4.69) is 17.2 Å². The second-order valence-corrected chi connectivity index (χ2v) is 5.68. The molecule has 1 aromatic rings. The van der Waals surface area contributed by atoms with Crippen molar-refractivity contribution in [3.05, 3.63) is 10.5 Å². The Morgan fingerprint density at radius 1 is 1.64 bits per heavy atom. The molecule has 1 saturated carbocycles. The Kier molecular flexibility index (Phi) is 3.29. The number of nitrogens with zero attached hydrogens (tertiary/aromatic N) is 1. The van der Waals surface area contributed by atoms with Crippen LogP contribution in [0, 0.1) is 11.8 Å². The van der Waals surface area contributed by atoms with Gasteiger partial charge >= 0.3 is 0 Å². The SMILES string of the molecule is CC1CCCC1CNc1ncc(Cl)s1. The zero-order valence-corrected chi connectivity index (χ0v) is 9.87. The molecule has 78 valence electrons. The first-order chi connectivity index (χ1) is 6.75. The Balaban J connectivity index is 1.82. The number of thiazole rings is 1. The summed E-state index contributed by atoms with van der Waals surface area (Å²) >= 11 is 7.32. The third-order valence-electron chi connectivity index (χ3n) is 3.03. The van der Waals surface area contributed by atoms with E-state index in [4.69, 9.17) is 11.6 Å². The molecule has 4 heteroatoms. The second kappa shape index (κ2) is 4.49. The smallest absolute Gasteiger partial charge is 0.184 e. The van der Waals surface area contributed by atoms with Gasteiger partial charge in [-0.25, -0.2) is 4.98 Å². The molecule has 0 saturated heterocycles. The van der Waals surface area contributed by atoms with Gasteiger partial charge in [0.1, 0.15) is 4.34 Å². The fourth-order valence-electron chi connectivity index (χ4n) is 2.08. The van der Waals surface area contributed by atoms with Crippen LogP contribution < -0.4 is 5.32 Å². The predicted molar refractivity (Wildman–Crippen MR) is 62.1 cm³/mol. The van der Waals surface area contributed by atoms with Gasteiger partial charge in [0.25, 0.3) is 0 Å². The average molecular weight is 231 g/mol. The highest BCUT2D eigenvalue weighted by Gasteiger charge is 2.22. The molecule has 1 N–H and O–H groups in total. The van der Waals surface area contributed by atoms with Gasteiger partial charge in [0.15, 0.2) is 5.13 Å². The molecule has 1 aliphatic rings.